The van der Waals surface area contributed by atoms with Crippen molar-refractivity contribution in [2.45, 2.75) is 32.6 Å². The van der Waals surface area contributed by atoms with Crippen molar-refractivity contribution < 1.29 is 19.1 Å². The summed E-state index contributed by atoms with van der Waals surface area (Å²) >= 11 is 0. The number of unbranched alkanes of at least 4 members (excludes halogenated alkanes) is 1. The van der Waals surface area contributed by atoms with E-state index in [1.807, 2.05) is 29.2 Å². The van der Waals surface area contributed by atoms with Crippen LogP contribution in [0.3, 0.4) is 0 Å². The van der Waals surface area contributed by atoms with Crippen LogP contribution in [0.25, 0.3) is 0 Å². The molecule has 1 aliphatic heterocycles. The molecule has 1 amide bonds. The van der Waals surface area contributed by atoms with E-state index in [9.17, 15) is 14.4 Å². The monoisotopic (exact) mass is 346 g/mol. The lowest BCUT2D eigenvalue weighted by molar-refractivity contribution is -0.141. The zero-order chi connectivity index (χ0) is 18.2. The highest BCUT2D eigenvalue weighted by Gasteiger charge is 2.21. The number of esters is 1. The molecule has 0 spiro atoms. The number of ketones is 1. The SMILES string of the molecule is COC(=O)CCCCC(=O)N1CCN(c2ccc(C(C)=O)cc2)CC1. The first-order valence-corrected chi connectivity index (χ1v) is 8.72. The minimum absolute atomic E-state index is 0.0640. The molecule has 1 heterocycles. The average Bonchev–Trinajstić information content (AvgIpc) is 2.65. The Kier molecular flexibility index (Phi) is 6.98. The number of benzene rings is 1. The minimum atomic E-state index is -0.225. The number of piperazine rings is 1. The van der Waals surface area contributed by atoms with E-state index >= 15 is 0 Å². The van der Waals surface area contributed by atoms with E-state index in [0.29, 0.717) is 44.3 Å². The van der Waals surface area contributed by atoms with Crippen molar-refractivity contribution in [2.24, 2.45) is 0 Å². The molecule has 6 heteroatoms. The second-order valence-electron chi connectivity index (χ2n) is 6.25. The van der Waals surface area contributed by atoms with E-state index < -0.39 is 0 Å². The third kappa shape index (κ3) is 5.59. The minimum Gasteiger partial charge on any atom is -0.469 e. The Balaban J connectivity index is 1.74. The maximum atomic E-state index is 12.2. The Morgan fingerprint density at radius 2 is 1.56 bits per heavy atom. The van der Waals surface area contributed by atoms with Crippen LogP contribution in [-0.4, -0.2) is 55.8 Å². The molecular weight excluding hydrogens is 320 g/mol. The Bertz CT molecular complexity index is 604. The van der Waals surface area contributed by atoms with E-state index in [0.717, 1.165) is 18.8 Å². The van der Waals surface area contributed by atoms with Gasteiger partial charge in [0.15, 0.2) is 5.78 Å². The molecule has 2 rings (SSSR count). The van der Waals surface area contributed by atoms with Gasteiger partial charge in [-0.15, -0.1) is 0 Å². The van der Waals surface area contributed by atoms with E-state index in [1.54, 1.807) is 6.92 Å². The van der Waals surface area contributed by atoms with Crippen molar-refractivity contribution in [3.8, 4) is 0 Å². The molecule has 0 aromatic heterocycles. The Morgan fingerprint density at radius 1 is 0.960 bits per heavy atom. The second-order valence-corrected chi connectivity index (χ2v) is 6.25. The van der Waals surface area contributed by atoms with Gasteiger partial charge in [-0.25, -0.2) is 0 Å². The summed E-state index contributed by atoms with van der Waals surface area (Å²) < 4.78 is 4.59. The quantitative estimate of drug-likeness (QED) is 0.430. The van der Waals surface area contributed by atoms with Crippen molar-refractivity contribution in [3.05, 3.63) is 29.8 Å². The van der Waals surface area contributed by atoms with Crippen LogP contribution in [0.2, 0.25) is 0 Å². The number of ether oxygens (including phenoxy) is 1. The maximum Gasteiger partial charge on any atom is 0.305 e. The van der Waals surface area contributed by atoms with Crippen molar-refractivity contribution >= 4 is 23.3 Å². The molecule has 0 aliphatic carbocycles. The summed E-state index contributed by atoms with van der Waals surface area (Å²) in [5.74, 6) is -0.0116. The highest BCUT2D eigenvalue weighted by atomic mass is 16.5. The summed E-state index contributed by atoms with van der Waals surface area (Å²) in [4.78, 5) is 38.7. The number of anilines is 1. The first-order chi connectivity index (χ1) is 12.0. The average molecular weight is 346 g/mol. The fraction of sp³-hybridized carbons (Fsp3) is 0.526. The van der Waals surface area contributed by atoms with Crippen molar-refractivity contribution in [2.75, 3.05) is 38.2 Å². The molecule has 1 fully saturated rings. The summed E-state index contributed by atoms with van der Waals surface area (Å²) in [6, 6.07) is 7.61. The van der Waals surface area contributed by atoms with Gasteiger partial charge in [0.2, 0.25) is 5.91 Å². The molecule has 0 unspecified atom stereocenters. The third-order valence-electron chi connectivity index (χ3n) is 4.52. The van der Waals surface area contributed by atoms with Crippen LogP contribution in [0.15, 0.2) is 24.3 Å². The van der Waals surface area contributed by atoms with Crippen molar-refractivity contribution in [3.63, 3.8) is 0 Å². The van der Waals surface area contributed by atoms with Gasteiger partial charge >= 0.3 is 5.97 Å². The maximum absolute atomic E-state index is 12.2. The Morgan fingerprint density at radius 3 is 2.12 bits per heavy atom. The van der Waals surface area contributed by atoms with Crippen LogP contribution >= 0.6 is 0 Å². The molecular formula is C19H26N2O4. The van der Waals surface area contributed by atoms with Gasteiger partial charge in [-0.05, 0) is 44.0 Å². The standard InChI is InChI=1S/C19H26N2O4/c1-15(22)16-7-9-17(10-8-16)20-11-13-21(14-12-20)18(23)5-3-4-6-19(24)25-2/h7-10H,3-6,11-14H2,1-2H3. The second kappa shape index (κ2) is 9.20. The van der Waals surface area contributed by atoms with Gasteiger partial charge in [-0.2, -0.15) is 0 Å². The molecule has 0 N–H and O–H groups in total. The molecule has 0 saturated carbocycles. The molecule has 0 atom stereocenters. The number of methoxy groups -OCH3 is 1. The lowest BCUT2D eigenvalue weighted by Crippen LogP contribution is -2.48. The highest BCUT2D eigenvalue weighted by Crippen LogP contribution is 2.18. The lowest BCUT2D eigenvalue weighted by Gasteiger charge is -2.36. The third-order valence-corrected chi connectivity index (χ3v) is 4.52. The van der Waals surface area contributed by atoms with Gasteiger partial charge in [0, 0.05) is 50.3 Å². The number of hydrogen-bond donors (Lipinski definition) is 0. The van der Waals surface area contributed by atoms with E-state index in [4.69, 9.17) is 0 Å². The summed E-state index contributed by atoms with van der Waals surface area (Å²) in [7, 11) is 1.38. The lowest BCUT2D eigenvalue weighted by atomic mass is 10.1. The number of hydrogen-bond acceptors (Lipinski definition) is 5. The number of amides is 1. The van der Waals surface area contributed by atoms with Crippen LogP contribution in [0.4, 0.5) is 5.69 Å². The van der Waals surface area contributed by atoms with E-state index in [-0.39, 0.29) is 17.7 Å². The zero-order valence-corrected chi connectivity index (χ0v) is 15.0. The summed E-state index contributed by atoms with van der Waals surface area (Å²) in [6.45, 7) is 4.53. The molecule has 0 bridgehead atoms. The van der Waals surface area contributed by atoms with Gasteiger partial charge in [-0.3, -0.25) is 14.4 Å². The predicted octanol–water partition coefficient (Wildman–Crippen LogP) is 2.27. The fourth-order valence-corrected chi connectivity index (χ4v) is 2.93. The zero-order valence-electron chi connectivity index (χ0n) is 15.0. The van der Waals surface area contributed by atoms with E-state index in [2.05, 4.69) is 9.64 Å². The normalized spacial score (nSPS) is 14.3. The summed E-state index contributed by atoms with van der Waals surface area (Å²) in [5.41, 5.74) is 1.79. The fourth-order valence-electron chi connectivity index (χ4n) is 2.93. The molecule has 1 aromatic carbocycles. The number of Topliss-reactive ketones (excluding diaryl/α,β-unsaturated/α-hetero) is 1. The number of carbonyl (C=O) groups excluding carboxylic acids is 3. The Hall–Kier alpha value is -2.37. The highest BCUT2D eigenvalue weighted by molar-refractivity contribution is 5.94. The van der Waals surface area contributed by atoms with Crippen LogP contribution in [0.1, 0.15) is 43.0 Å². The molecule has 1 aliphatic rings. The van der Waals surface area contributed by atoms with Crippen LogP contribution in [0, 0.1) is 0 Å². The summed E-state index contributed by atoms with van der Waals surface area (Å²) in [5, 5.41) is 0. The van der Waals surface area contributed by atoms with Crippen LogP contribution in [-0.2, 0) is 14.3 Å². The molecule has 136 valence electrons. The number of rotatable bonds is 7. The van der Waals surface area contributed by atoms with Crippen molar-refractivity contribution in [1.29, 1.82) is 0 Å². The summed E-state index contributed by atoms with van der Waals surface area (Å²) in [6.07, 6.45) is 2.24. The van der Waals surface area contributed by atoms with Gasteiger partial charge in [0.05, 0.1) is 7.11 Å². The Labute approximate surface area is 148 Å². The molecule has 1 aromatic rings. The first kappa shape index (κ1) is 19.0. The molecule has 25 heavy (non-hydrogen) atoms. The van der Waals surface area contributed by atoms with Gasteiger partial charge in [0.25, 0.3) is 0 Å². The van der Waals surface area contributed by atoms with Gasteiger partial charge in [0.1, 0.15) is 0 Å². The molecule has 1 saturated heterocycles. The predicted molar refractivity (Wildman–Crippen MR) is 95.7 cm³/mol. The number of carbonyl (C=O) groups is 3. The first-order valence-electron chi connectivity index (χ1n) is 8.72. The van der Waals surface area contributed by atoms with Gasteiger partial charge < -0.3 is 14.5 Å². The van der Waals surface area contributed by atoms with Crippen LogP contribution < -0.4 is 4.90 Å². The molecule has 0 radical (unpaired) electrons. The topological polar surface area (TPSA) is 66.9 Å². The van der Waals surface area contributed by atoms with Crippen LogP contribution in [0.5, 0.6) is 0 Å². The smallest absolute Gasteiger partial charge is 0.305 e. The molecule has 6 nitrogen and oxygen atoms in total. The van der Waals surface area contributed by atoms with Crippen molar-refractivity contribution in [1.82, 2.24) is 4.90 Å². The number of nitrogens with zero attached hydrogens (tertiary/aromatic N) is 2. The van der Waals surface area contributed by atoms with Gasteiger partial charge in [-0.1, -0.05) is 0 Å². The largest absolute Gasteiger partial charge is 0.469 e. The van der Waals surface area contributed by atoms with E-state index in [1.165, 1.54) is 7.11 Å².